The molecule has 0 unspecified atom stereocenters. The Hall–Kier alpha value is -1.75. The van der Waals surface area contributed by atoms with E-state index in [1.807, 2.05) is 24.3 Å². The van der Waals surface area contributed by atoms with Gasteiger partial charge in [-0.3, -0.25) is 0 Å². The molecule has 1 aromatic rings. The van der Waals surface area contributed by atoms with Gasteiger partial charge in [-0.1, -0.05) is 0 Å². The highest BCUT2D eigenvalue weighted by Crippen LogP contribution is 2.30. The van der Waals surface area contributed by atoms with Crippen molar-refractivity contribution in [2.24, 2.45) is 0 Å². The largest absolute Gasteiger partial charge is 0.490 e. The van der Waals surface area contributed by atoms with Crippen molar-refractivity contribution in [3.63, 3.8) is 0 Å². The van der Waals surface area contributed by atoms with Gasteiger partial charge in [0, 0.05) is 12.2 Å². The number of urea groups is 1. The molecule has 0 spiro atoms. The van der Waals surface area contributed by atoms with Crippen LogP contribution in [0.5, 0.6) is 5.75 Å². The summed E-state index contributed by atoms with van der Waals surface area (Å²) in [5.41, 5.74) is 0.0212. The molecule has 0 radical (unpaired) electrons. The summed E-state index contributed by atoms with van der Waals surface area (Å²) >= 11 is 0. The zero-order valence-corrected chi connectivity index (χ0v) is 12.8. The fourth-order valence-corrected chi connectivity index (χ4v) is 3.00. The Labute approximate surface area is 131 Å². The highest BCUT2D eigenvalue weighted by molar-refractivity contribution is 5.89. The van der Waals surface area contributed by atoms with Crippen LogP contribution in [0.1, 0.15) is 44.9 Å². The van der Waals surface area contributed by atoms with Crippen LogP contribution in [0, 0.1) is 0 Å². The smallest absolute Gasteiger partial charge is 0.319 e. The van der Waals surface area contributed by atoms with E-state index >= 15 is 0 Å². The highest BCUT2D eigenvalue weighted by Gasteiger charge is 2.34. The molecular formula is C17H24N2O3. The summed E-state index contributed by atoms with van der Waals surface area (Å²) in [4.78, 5) is 11.8. The summed E-state index contributed by atoms with van der Waals surface area (Å²) in [6.45, 7) is 0.307. The third-order valence-electron chi connectivity index (χ3n) is 4.58. The number of aliphatic hydroxyl groups is 1. The molecule has 2 fully saturated rings. The number of rotatable bonds is 5. The van der Waals surface area contributed by atoms with Crippen LogP contribution in [0.3, 0.4) is 0 Å². The van der Waals surface area contributed by atoms with Gasteiger partial charge < -0.3 is 20.5 Å². The lowest BCUT2D eigenvalue weighted by atomic mass is 9.80. The first-order valence-electron chi connectivity index (χ1n) is 8.17. The molecule has 5 nitrogen and oxygen atoms in total. The molecule has 1 aromatic carbocycles. The molecule has 3 N–H and O–H groups in total. The third kappa shape index (κ3) is 3.91. The third-order valence-corrected chi connectivity index (χ3v) is 4.58. The Bertz CT molecular complexity index is 505. The molecule has 2 aliphatic carbocycles. The van der Waals surface area contributed by atoms with E-state index in [4.69, 9.17) is 4.74 Å². The molecule has 0 aromatic heterocycles. The summed E-state index contributed by atoms with van der Waals surface area (Å²) in [6, 6.07) is 7.15. The number of benzene rings is 1. The van der Waals surface area contributed by atoms with Crippen molar-refractivity contribution >= 4 is 11.7 Å². The number of nitrogens with one attached hydrogen (secondary N) is 2. The van der Waals surface area contributed by atoms with E-state index in [9.17, 15) is 9.90 Å². The second-order valence-electron chi connectivity index (χ2n) is 6.43. The minimum Gasteiger partial charge on any atom is -0.490 e. The fraction of sp³-hybridized carbons (Fsp3) is 0.588. The molecule has 5 heteroatoms. The lowest BCUT2D eigenvalue weighted by Crippen LogP contribution is -2.48. The lowest BCUT2D eigenvalue weighted by molar-refractivity contribution is -0.0287. The summed E-state index contributed by atoms with van der Waals surface area (Å²) in [5, 5.41) is 15.4. The Kier molecular flexibility index (Phi) is 4.52. The van der Waals surface area contributed by atoms with Crippen molar-refractivity contribution in [1.29, 1.82) is 0 Å². The number of carbonyl (C=O) groups excluding carboxylic acids is 1. The van der Waals surface area contributed by atoms with Crippen molar-refractivity contribution < 1.29 is 14.6 Å². The van der Waals surface area contributed by atoms with Gasteiger partial charge in [-0.05, 0) is 69.2 Å². The molecule has 120 valence electrons. The van der Waals surface area contributed by atoms with E-state index < -0.39 is 5.60 Å². The van der Waals surface area contributed by atoms with Crippen LogP contribution in [-0.2, 0) is 0 Å². The minimum atomic E-state index is -0.698. The van der Waals surface area contributed by atoms with Gasteiger partial charge in [0.2, 0.25) is 0 Å². The molecule has 3 rings (SSSR count). The maximum atomic E-state index is 11.8. The fourth-order valence-electron chi connectivity index (χ4n) is 3.00. The van der Waals surface area contributed by atoms with Crippen LogP contribution in [0.25, 0.3) is 0 Å². The van der Waals surface area contributed by atoms with Crippen molar-refractivity contribution in [2.75, 3.05) is 11.9 Å². The number of anilines is 1. The van der Waals surface area contributed by atoms with Crippen LogP contribution in [-0.4, -0.2) is 29.4 Å². The summed E-state index contributed by atoms with van der Waals surface area (Å²) in [7, 11) is 0. The standard InChI is InChI=1S/C17H24N2O3/c20-16(18-12-17(21)10-3-11-17)19-13-6-8-15(9-7-13)22-14-4-1-2-5-14/h6-9,14,21H,1-5,10-12H2,(H2,18,19,20). The molecule has 2 amide bonds. The zero-order chi connectivity index (χ0) is 15.4. The predicted octanol–water partition coefficient (Wildman–Crippen LogP) is 3.04. The van der Waals surface area contributed by atoms with Gasteiger partial charge in [0.1, 0.15) is 5.75 Å². The number of amides is 2. The molecule has 0 bridgehead atoms. The van der Waals surface area contributed by atoms with Gasteiger partial charge in [-0.2, -0.15) is 0 Å². The number of hydrogen-bond donors (Lipinski definition) is 3. The van der Waals surface area contributed by atoms with Gasteiger partial charge in [0.25, 0.3) is 0 Å². The van der Waals surface area contributed by atoms with E-state index in [1.54, 1.807) is 0 Å². The quantitative estimate of drug-likeness (QED) is 0.783. The van der Waals surface area contributed by atoms with Crippen LogP contribution in [0.4, 0.5) is 10.5 Å². The molecule has 2 aliphatic rings. The first-order chi connectivity index (χ1) is 10.6. The summed E-state index contributed by atoms with van der Waals surface area (Å²) in [6.07, 6.45) is 7.65. The van der Waals surface area contributed by atoms with E-state index in [-0.39, 0.29) is 6.03 Å². The van der Waals surface area contributed by atoms with Gasteiger partial charge >= 0.3 is 6.03 Å². The number of carbonyl (C=O) groups is 1. The molecule has 0 atom stereocenters. The molecule has 2 saturated carbocycles. The van der Waals surface area contributed by atoms with Crippen LogP contribution in [0.15, 0.2) is 24.3 Å². The Morgan fingerprint density at radius 3 is 2.45 bits per heavy atom. The van der Waals surface area contributed by atoms with E-state index in [0.29, 0.717) is 12.6 Å². The Morgan fingerprint density at radius 2 is 1.86 bits per heavy atom. The first-order valence-corrected chi connectivity index (χ1v) is 8.17. The topological polar surface area (TPSA) is 70.6 Å². The normalized spacial score (nSPS) is 20.2. The molecule has 0 heterocycles. The average molecular weight is 304 g/mol. The molecule has 0 saturated heterocycles. The van der Waals surface area contributed by atoms with E-state index in [1.165, 1.54) is 12.8 Å². The van der Waals surface area contributed by atoms with E-state index in [0.717, 1.165) is 43.5 Å². The average Bonchev–Trinajstić information content (AvgIpc) is 2.98. The van der Waals surface area contributed by atoms with Crippen LogP contribution >= 0.6 is 0 Å². The Balaban J connectivity index is 1.44. The van der Waals surface area contributed by atoms with Crippen LogP contribution < -0.4 is 15.4 Å². The van der Waals surface area contributed by atoms with Crippen molar-refractivity contribution in [1.82, 2.24) is 5.32 Å². The van der Waals surface area contributed by atoms with Crippen molar-refractivity contribution in [3.05, 3.63) is 24.3 Å². The lowest BCUT2D eigenvalue weighted by Gasteiger charge is -2.36. The van der Waals surface area contributed by atoms with Gasteiger partial charge in [0.15, 0.2) is 0 Å². The first kappa shape index (κ1) is 15.2. The highest BCUT2D eigenvalue weighted by atomic mass is 16.5. The summed E-state index contributed by atoms with van der Waals surface area (Å²) in [5.74, 6) is 0.849. The van der Waals surface area contributed by atoms with Crippen molar-refractivity contribution in [2.45, 2.75) is 56.7 Å². The summed E-state index contributed by atoms with van der Waals surface area (Å²) < 4.78 is 5.89. The maximum Gasteiger partial charge on any atom is 0.319 e. The van der Waals surface area contributed by atoms with Crippen LogP contribution in [0.2, 0.25) is 0 Å². The Morgan fingerprint density at radius 1 is 1.18 bits per heavy atom. The molecular weight excluding hydrogens is 280 g/mol. The van der Waals surface area contributed by atoms with Gasteiger partial charge in [-0.25, -0.2) is 4.79 Å². The SMILES string of the molecule is O=C(NCC1(O)CCC1)Nc1ccc(OC2CCCC2)cc1. The molecule has 22 heavy (non-hydrogen) atoms. The van der Waals surface area contributed by atoms with E-state index in [2.05, 4.69) is 10.6 Å². The minimum absolute atomic E-state index is 0.287. The van der Waals surface area contributed by atoms with Gasteiger partial charge in [-0.15, -0.1) is 0 Å². The molecule has 0 aliphatic heterocycles. The van der Waals surface area contributed by atoms with Gasteiger partial charge in [0.05, 0.1) is 11.7 Å². The maximum absolute atomic E-state index is 11.8. The second kappa shape index (κ2) is 6.57. The van der Waals surface area contributed by atoms with Crippen molar-refractivity contribution in [3.8, 4) is 5.75 Å². The second-order valence-corrected chi connectivity index (χ2v) is 6.43. The number of hydrogen-bond acceptors (Lipinski definition) is 3. The predicted molar refractivity (Wildman–Crippen MR) is 85.1 cm³/mol. The zero-order valence-electron chi connectivity index (χ0n) is 12.8. The number of ether oxygens (including phenoxy) is 1. The monoisotopic (exact) mass is 304 g/mol.